The summed E-state index contributed by atoms with van der Waals surface area (Å²) >= 11 is 0. The molecule has 22 heavy (non-hydrogen) atoms. The molecule has 0 N–H and O–H groups in total. The number of hydrogen-bond donors (Lipinski definition) is 0. The van der Waals surface area contributed by atoms with Crippen LogP contribution in [0.15, 0.2) is 46.7 Å². The highest BCUT2D eigenvalue weighted by Crippen LogP contribution is 2.14. The summed E-state index contributed by atoms with van der Waals surface area (Å²) in [5.41, 5.74) is 0. The Balaban J connectivity index is 2.72. The Morgan fingerprint density at radius 3 is 2.45 bits per heavy atom. The van der Waals surface area contributed by atoms with Crippen molar-refractivity contribution in [1.82, 2.24) is 0 Å². The molecular weight excluding hydrogens is 300 g/mol. The first-order chi connectivity index (χ1) is 10.5. The second kappa shape index (κ2) is 9.41. The van der Waals surface area contributed by atoms with Gasteiger partial charge in [-0.25, -0.2) is 8.42 Å². The number of rotatable bonds is 9. The summed E-state index contributed by atoms with van der Waals surface area (Å²) < 4.78 is 29.5. The quantitative estimate of drug-likeness (QED) is 0.511. The van der Waals surface area contributed by atoms with E-state index in [1.807, 2.05) is 0 Å². The molecule has 0 fully saturated rings. The normalized spacial score (nSPS) is 13.2. The first-order valence-electron chi connectivity index (χ1n) is 7.61. The molecule has 0 aliphatic rings. The molecular formula is C17H24O4S. The number of esters is 1. The fourth-order valence-corrected chi connectivity index (χ4v) is 3.14. The average Bonchev–Trinajstić information content (AvgIpc) is 2.49. The maximum Gasteiger partial charge on any atom is 0.303 e. The van der Waals surface area contributed by atoms with Gasteiger partial charge in [0.25, 0.3) is 0 Å². The SMILES string of the molecule is CCCCCC[C@@H](/C=C\S(=O)(=O)c1ccccc1)OC(C)=O. The van der Waals surface area contributed by atoms with E-state index >= 15 is 0 Å². The van der Waals surface area contributed by atoms with Crippen molar-refractivity contribution in [3.8, 4) is 0 Å². The third-order valence-electron chi connectivity index (χ3n) is 3.20. The van der Waals surface area contributed by atoms with Gasteiger partial charge in [0.15, 0.2) is 9.84 Å². The first kappa shape index (κ1) is 18.4. The van der Waals surface area contributed by atoms with Gasteiger partial charge in [0.1, 0.15) is 6.10 Å². The van der Waals surface area contributed by atoms with Gasteiger partial charge in [-0.15, -0.1) is 0 Å². The van der Waals surface area contributed by atoms with Gasteiger partial charge in [-0.05, 0) is 31.1 Å². The van der Waals surface area contributed by atoms with E-state index in [0.29, 0.717) is 6.42 Å². The fourth-order valence-electron chi connectivity index (χ4n) is 2.06. The Hall–Kier alpha value is -1.62. The summed E-state index contributed by atoms with van der Waals surface area (Å²) in [6.45, 7) is 3.45. The number of unbranched alkanes of at least 4 members (excludes halogenated alkanes) is 3. The maximum atomic E-state index is 12.2. The minimum atomic E-state index is -3.50. The standard InChI is InChI=1S/C17H24O4S/c1-3-4-5-7-10-16(21-15(2)18)13-14-22(19,20)17-11-8-6-9-12-17/h6,8-9,11-14,16H,3-5,7,10H2,1-2H3/b14-13-/t16-/m0/s1. The minimum absolute atomic E-state index is 0.235. The summed E-state index contributed by atoms with van der Waals surface area (Å²) in [7, 11) is -3.50. The van der Waals surface area contributed by atoms with Crippen molar-refractivity contribution in [3.05, 3.63) is 41.8 Å². The van der Waals surface area contributed by atoms with E-state index in [-0.39, 0.29) is 4.90 Å². The lowest BCUT2D eigenvalue weighted by atomic mass is 10.1. The van der Waals surface area contributed by atoms with E-state index < -0.39 is 21.9 Å². The topological polar surface area (TPSA) is 60.4 Å². The van der Waals surface area contributed by atoms with E-state index in [0.717, 1.165) is 31.1 Å². The van der Waals surface area contributed by atoms with Gasteiger partial charge >= 0.3 is 5.97 Å². The van der Waals surface area contributed by atoms with E-state index in [1.165, 1.54) is 13.0 Å². The van der Waals surface area contributed by atoms with Crippen LogP contribution in [0, 0.1) is 0 Å². The van der Waals surface area contributed by atoms with E-state index in [2.05, 4.69) is 6.92 Å². The molecule has 0 unspecified atom stereocenters. The van der Waals surface area contributed by atoms with Crippen LogP contribution in [-0.2, 0) is 19.4 Å². The fraction of sp³-hybridized carbons (Fsp3) is 0.471. The van der Waals surface area contributed by atoms with Crippen molar-refractivity contribution in [2.45, 2.75) is 57.0 Å². The van der Waals surface area contributed by atoms with Gasteiger partial charge in [0.2, 0.25) is 0 Å². The van der Waals surface area contributed by atoms with E-state index in [4.69, 9.17) is 4.74 Å². The summed E-state index contributed by atoms with van der Waals surface area (Å²) in [4.78, 5) is 11.4. The molecule has 0 radical (unpaired) electrons. The molecule has 5 heteroatoms. The lowest BCUT2D eigenvalue weighted by Crippen LogP contribution is -2.14. The zero-order valence-electron chi connectivity index (χ0n) is 13.2. The predicted octanol–water partition coefficient (Wildman–Crippen LogP) is 3.88. The van der Waals surface area contributed by atoms with Crippen LogP contribution in [0.5, 0.6) is 0 Å². The Morgan fingerprint density at radius 2 is 1.86 bits per heavy atom. The van der Waals surface area contributed by atoms with Gasteiger partial charge in [0.05, 0.1) is 4.90 Å². The van der Waals surface area contributed by atoms with Crippen molar-refractivity contribution in [1.29, 1.82) is 0 Å². The van der Waals surface area contributed by atoms with Crippen LogP contribution in [0.25, 0.3) is 0 Å². The molecule has 1 atom stereocenters. The monoisotopic (exact) mass is 324 g/mol. The van der Waals surface area contributed by atoms with Crippen LogP contribution in [0.4, 0.5) is 0 Å². The number of carbonyl (C=O) groups is 1. The van der Waals surface area contributed by atoms with Crippen molar-refractivity contribution < 1.29 is 17.9 Å². The summed E-state index contributed by atoms with van der Waals surface area (Å²) in [5.74, 6) is -0.401. The molecule has 0 aromatic heterocycles. The predicted molar refractivity (Wildman–Crippen MR) is 87.1 cm³/mol. The molecule has 1 aromatic carbocycles. The third-order valence-corrected chi connectivity index (χ3v) is 4.65. The van der Waals surface area contributed by atoms with Crippen molar-refractivity contribution >= 4 is 15.8 Å². The average molecular weight is 324 g/mol. The van der Waals surface area contributed by atoms with Crippen LogP contribution in [0.2, 0.25) is 0 Å². The van der Waals surface area contributed by atoms with Gasteiger partial charge in [-0.2, -0.15) is 0 Å². The maximum absolute atomic E-state index is 12.2. The molecule has 122 valence electrons. The Bertz CT molecular complexity index is 576. The van der Waals surface area contributed by atoms with E-state index in [9.17, 15) is 13.2 Å². The Kier molecular flexibility index (Phi) is 7.88. The van der Waals surface area contributed by atoms with Crippen LogP contribution >= 0.6 is 0 Å². The molecule has 0 saturated heterocycles. The number of benzene rings is 1. The van der Waals surface area contributed by atoms with Crippen LogP contribution in [0.3, 0.4) is 0 Å². The second-order valence-corrected chi connectivity index (χ2v) is 7.02. The Morgan fingerprint density at radius 1 is 1.18 bits per heavy atom. The highest BCUT2D eigenvalue weighted by molar-refractivity contribution is 7.94. The zero-order valence-corrected chi connectivity index (χ0v) is 14.0. The molecule has 0 bridgehead atoms. The molecule has 1 aromatic rings. The van der Waals surface area contributed by atoms with Gasteiger partial charge in [0, 0.05) is 12.3 Å². The Labute approximate surface area is 133 Å². The molecule has 1 rings (SSSR count). The molecule has 0 aliphatic heterocycles. The number of carbonyl (C=O) groups excluding carboxylic acids is 1. The highest BCUT2D eigenvalue weighted by Gasteiger charge is 2.13. The van der Waals surface area contributed by atoms with Gasteiger partial charge in [-0.1, -0.05) is 44.4 Å². The van der Waals surface area contributed by atoms with Crippen LogP contribution in [-0.4, -0.2) is 20.5 Å². The first-order valence-corrected chi connectivity index (χ1v) is 9.16. The zero-order chi connectivity index (χ0) is 16.4. The van der Waals surface area contributed by atoms with Crippen LogP contribution in [0.1, 0.15) is 46.0 Å². The summed E-state index contributed by atoms with van der Waals surface area (Å²) in [6.07, 6.45) is 5.81. The van der Waals surface area contributed by atoms with Crippen molar-refractivity contribution in [2.75, 3.05) is 0 Å². The molecule has 4 nitrogen and oxygen atoms in total. The highest BCUT2D eigenvalue weighted by atomic mass is 32.2. The molecule has 0 saturated carbocycles. The van der Waals surface area contributed by atoms with Crippen LogP contribution < -0.4 is 0 Å². The molecule has 0 heterocycles. The lowest BCUT2D eigenvalue weighted by Gasteiger charge is -2.12. The van der Waals surface area contributed by atoms with Gasteiger partial charge < -0.3 is 4.74 Å². The largest absolute Gasteiger partial charge is 0.458 e. The molecule has 0 aliphatic carbocycles. The van der Waals surface area contributed by atoms with Crippen molar-refractivity contribution in [2.24, 2.45) is 0 Å². The smallest absolute Gasteiger partial charge is 0.303 e. The summed E-state index contributed by atoms with van der Waals surface area (Å²) in [6, 6.07) is 8.20. The molecule has 0 spiro atoms. The third kappa shape index (κ3) is 6.89. The lowest BCUT2D eigenvalue weighted by molar-refractivity contribution is -0.144. The number of ether oxygens (including phenoxy) is 1. The molecule has 0 amide bonds. The van der Waals surface area contributed by atoms with E-state index in [1.54, 1.807) is 30.3 Å². The van der Waals surface area contributed by atoms with Gasteiger partial charge in [-0.3, -0.25) is 4.79 Å². The summed E-state index contributed by atoms with van der Waals surface area (Å²) in [5, 5.41) is 1.13. The number of sulfone groups is 1. The number of hydrogen-bond acceptors (Lipinski definition) is 4. The van der Waals surface area contributed by atoms with Crippen molar-refractivity contribution in [3.63, 3.8) is 0 Å². The minimum Gasteiger partial charge on any atom is -0.458 e. The second-order valence-electron chi connectivity index (χ2n) is 5.18.